The van der Waals surface area contributed by atoms with Crippen LogP contribution in [0.15, 0.2) is 36.7 Å². The van der Waals surface area contributed by atoms with Crippen molar-refractivity contribution in [1.82, 2.24) is 9.78 Å². The molecular formula is C13H17N3O. The molecule has 2 rings (SSSR count). The van der Waals surface area contributed by atoms with Crippen LogP contribution in [0.1, 0.15) is 24.1 Å². The van der Waals surface area contributed by atoms with Crippen molar-refractivity contribution in [2.24, 2.45) is 7.05 Å². The summed E-state index contributed by atoms with van der Waals surface area (Å²) in [6.45, 7) is 2.15. The van der Waals surface area contributed by atoms with Gasteiger partial charge in [0.05, 0.1) is 18.8 Å². The standard InChI is InChI=1S/C13H17N3O/c1-10(12-7-14-16(2)8-12)15-13-5-3-4-11(6-13)9-17/h3-8,10,15,17H,9H2,1-2H3. The Kier molecular flexibility index (Phi) is 3.44. The van der Waals surface area contributed by atoms with Crippen molar-refractivity contribution in [2.75, 3.05) is 5.32 Å². The minimum Gasteiger partial charge on any atom is -0.392 e. The van der Waals surface area contributed by atoms with Gasteiger partial charge in [-0.2, -0.15) is 5.10 Å². The number of hydrogen-bond acceptors (Lipinski definition) is 3. The Labute approximate surface area is 101 Å². The van der Waals surface area contributed by atoms with Crippen molar-refractivity contribution in [2.45, 2.75) is 19.6 Å². The molecule has 0 radical (unpaired) electrons. The molecule has 1 aromatic heterocycles. The first-order valence-corrected chi connectivity index (χ1v) is 5.64. The van der Waals surface area contributed by atoms with Crippen molar-refractivity contribution < 1.29 is 5.11 Å². The molecule has 1 unspecified atom stereocenters. The monoisotopic (exact) mass is 231 g/mol. The zero-order chi connectivity index (χ0) is 12.3. The molecule has 2 N–H and O–H groups in total. The van der Waals surface area contributed by atoms with E-state index in [-0.39, 0.29) is 12.6 Å². The van der Waals surface area contributed by atoms with Crippen molar-refractivity contribution in [3.8, 4) is 0 Å². The van der Waals surface area contributed by atoms with Crippen LogP contribution in [0.4, 0.5) is 5.69 Å². The van der Waals surface area contributed by atoms with Crippen LogP contribution < -0.4 is 5.32 Å². The SMILES string of the molecule is CC(Nc1cccc(CO)c1)c1cnn(C)c1. The molecule has 1 aromatic carbocycles. The summed E-state index contributed by atoms with van der Waals surface area (Å²) in [4.78, 5) is 0. The van der Waals surface area contributed by atoms with E-state index < -0.39 is 0 Å². The Hall–Kier alpha value is -1.81. The van der Waals surface area contributed by atoms with Crippen molar-refractivity contribution >= 4 is 5.69 Å². The van der Waals surface area contributed by atoms with E-state index in [2.05, 4.69) is 17.3 Å². The second-order valence-electron chi connectivity index (χ2n) is 4.17. The van der Waals surface area contributed by atoms with Gasteiger partial charge in [0.15, 0.2) is 0 Å². The average molecular weight is 231 g/mol. The molecule has 2 aromatic rings. The van der Waals surface area contributed by atoms with Gasteiger partial charge in [0.25, 0.3) is 0 Å². The summed E-state index contributed by atoms with van der Waals surface area (Å²) in [5.41, 5.74) is 3.06. The van der Waals surface area contributed by atoms with Gasteiger partial charge in [0.1, 0.15) is 0 Å². The van der Waals surface area contributed by atoms with E-state index in [1.54, 1.807) is 4.68 Å². The normalized spacial score (nSPS) is 12.4. The smallest absolute Gasteiger partial charge is 0.0682 e. The fourth-order valence-corrected chi connectivity index (χ4v) is 1.76. The van der Waals surface area contributed by atoms with Crippen LogP contribution in [0.3, 0.4) is 0 Å². The number of aryl methyl sites for hydroxylation is 1. The first-order chi connectivity index (χ1) is 8.19. The number of hydrogen-bond donors (Lipinski definition) is 2. The van der Waals surface area contributed by atoms with Gasteiger partial charge in [-0.15, -0.1) is 0 Å². The van der Waals surface area contributed by atoms with E-state index in [1.807, 2.05) is 43.7 Å². The molecule has 1 heterocycles. The second kappa shape index (κ2) is 5.01. The lowest BCUT2D eigenvalue weighted by atomic mass is 10.1. The highest BCUT2D eigenvalue weighted by molar-refractivity contribution is 5.47. The summed E-state index contributed by atoms with van der Waals surface area (Å²) in [5, 5.41) is 16.6. The van der Waals surface area contributed by atoms with Gasteiger partial charge in [-0.1, -0.05) is 12.1 Å². The molecule has 0 bridgehead atoms. The molecule has 0 fully saturated rings. The average Bonchev–Trinajstić information content (AvgIpc) is 2.76. The lowest BCUT2D eigenvalue weighted by Gasteiger charge is -2.14. The Morgan fingerprint density at radius 1 is 1.47 bits per heavy atom. The van der Waals surface area contributed by atoms with Crippen LogP contribution in [0.5, 0.6) is 0 Å². The third kappa shape index (κ3) is 2.85. The van der Waals surface area contributed by atoms with Crippen LogP contribution in [0.2, 0.25) is 0 Å². The molecule has 0 aliphatic heterocycles. The highest BCUT2D eigenvalue weighted by Gasteiger charge is 2.07. The van der Waals surface area contributed by atoms with Crippen molar-refractivity contribution in [1.29, 1.82) is 0 Å². The number of nitrogens with one attached hydrogen (secondary N) is 1. The molecule has 0 saturated carbocycles. The number of anilines is 1. The molecule has 0 amide bonds. The van der Waals surface area contributed by atoms with Crippen LogP contribution in [-0.4, -0.2) is 14.9 Å². The van der Waals surface area contributed by atoms with Crippen LogP contribution in [0, 0.1) is 0 Å². The molecule has 1 atom stereocenters. The highest BCUT2D eigenvalue weighted by Crippen LogP contribution is 2.19. The van der Waals surface area contributed by atoms with Gasteiger partial charge in [-0.3, -0.25) is 4.68 Å². The van der Waals surface area contributed by atoms with Gasteiger partial charge in [-0.25, -0.2) is 0 Å². The molecule has 4 nitrogen and oxygen atoms in total. The Morgan fingerprint density at radius 3 is 2.94 bits per heavy atom. The highest BCUT2D eigenvalue weighted by atomic mass is 16.3. The summed E-state index contributed by atoms with van der Waals surface area (Å²) >= 11 is 0. The topological polar surface area (TPSA) is 50.1 Å². The molecule has 90 valence electrons. The maximum atomic E-state index is 9.08. The van der Waals surface area contributed by atoms with Crippen molar-refractivity contribution in [3.63, 3.8) is 0 Å². The van der Waals surface area contributed by atoms with E-state index in [0.29, 0.717) is 0 Å². The van der Waals surface area contributed by atoms with E-state index in [4.69, 9.17) is 5.11 Å². The molecule has 0 aliphatic rings. The van der Waals surface area contributed by atoms with E-state index >= 15 is 0 Å². The first-order valence-electron chi connectivity index (χ1n) is 5.64. The lowest BCUT2D eigenvalue weighted by molar-refractivity contribution is 0.282. The fraction of sp³-hybridized carbons (Fsp3) is 0.308. The third-order valence-electron chi connectivity index (χ3n) is 2.72. The summed E-state index contributed by atoms with van der Waals surface area (Å²) in [7, 11) is 1.91. The number of benzene rings is 1. The Bertz CT molecular complexity index is 493. The first kappa shape index (κ1) is 11.7. The number of aromatic nitrogens is 2. The fourth-order valence-electron chi connectivity index (χ4n) is 1.76. The van der Waals surface area contributed by atoms with Crippen LogP contribution in [-0.2, 0) is 13.7 Å². The third-order valence-corrected chi connectivity index (χ3v) is 2.72. The number of rotatable bonds is 4. The molecule has 0 aliphatic carbocycles. The number of nitrogens with zero attached hydrogens (tertiary/aromatic N) is 2. The van der Waals surface area contributed by atoms with Crippen molar-refractivity contribution in [3.05, 3.63) is 47.8 Å². The van der Waals surface area contributed by atoms with E-state index in [1.165, 1.54) is 0 Å². The Balaban J connectivity index is 2.09. The Morgan fingerprint density at radius 2 is 2.29 bits per heavy atom. The van der Waals surface area contributed by atoms with Gasteiger partial charge in [-0.05, 0) is 24.6 Å². The summed E-state index contributed by atoms with van der Waals surface area (Å²) in [5.74, 6) is 0. The predicted octanol–water partition coefficient (Wildman–Crippen LogP) is 2.09. The molecule has 0 saturated heterocycles. The summed E-state index contributed by atoms with van der Waals surface area (Å²) in [6, 6.07) is 7.97. The van der Waals surface area contributed by atoms with Gasteiger partial charge < -0.3 is 10.4 Å². The lowest BCUT2D eigenvalue weighted by Crippen LogP contribution is -2.06. The number of aliphatic hydroxyl groups is 1. The predicted molar refractivity (Wildman–Crippen MR) is 67.6 cm³/mol. The molecular weight excluding hydrogens is 214 g/mol. The largest absolute Gasteiger partial charge is 0.392 e. The zero-order valence-electron chi connectivity index (χ0n) is 10.1. The van der Waals surface area contributed by atoms with Crippen LogP contribution in [0.25, 0.3) is 0 Å². The van der Waals surface area contributed by atoms with Gasteiger partial charge in [0.2, 0.25) is 0 Å². The van der Waals surface area contributed by atoms with E-state index in [9.17, 15) is 0 Å². The maximum absolute atomic E-state index is 9.08. The number of aliphatic hydroxyl groups excluding tert-OH is 1. The second-order valence-corrected chi connectivity index (χ2v) is 4.17. The van der Waals surface area contributed by atoms with Crippen LogP contribution >= 0.6 is 0 Å². The molecule has 17 heavy (non-hydrogen) atoms. The van der Waals surface area contributed by atoms with Gasteiger partial charge in [0, 0.05) is 24.5 Å². The maximum Gasteiger partial charge on any atom is 0.0682 e. The minimum absolute atomic E-state index is 0.0663. The molecule has 0 spiro atoms. The van der Waals surface area contributed by atoms with E-state index in [0.717, 1.165) is 16.8 Å². The quantitative estimate of drug-likeness (QED) is 0.847. The van der Waals surface area contributed by atoms with Gasteiger partial charge >= 0.3 is 0 Å². The summed E-state index contributed by atoms with van der Waals surface area (Å²) < 4.78 is 1.79. The summed E-state index contributed by atoms with van der Waals surface area (Å²) in [6.07, 6.45) is 3.85. The zero-order valence-corrected chi connectivity index (χ0v) is 10.1. The molecule has 4 heteroatoms. The minimum atomic E-state index is 0.0663.